The highest BCUT2D eigenvalue weighted by molar-refractivity contribution is 5.34. The molecule has 1 aromatic carbocycles. The lowest BCUT2D eigenvalue weighted by atomic mass is 10.1. The van der Waals surface area contributed by atoms with Crippen LogP contribution in [0.3, 0.4) is 0 Å². The first-order valence-electron chi connectivity index (χ1n) is 5.41. The summed E-state index contributed by atoms with van der Waals surface area (Å²) < 4.78 is 63.1. The number of hydrogen-bond acceptors (Lipinski definition) is 2. The van der Waals surface area contributed by atoms with Gasteiger partial charge in [-0.1, -0.05) is 0 Å². The largest absolute Gasteiger partial charge is 0.390 e. The minimum Gasteiger partial charge on any atom is -0.310 e. The lowest BCUT2D eigenvalue weighted by molar-refractivity contribution is -0.139. The zero-order valence-electron chi connectivity index (χ0n) is 9.98. The first kappa shape index (κ1) is 15.4. The number of nitriles is 1. The molecular weight excluding hydrogens is 267 g/mol. The van der Waals surface area contributed by atoms with Crippen molar-refractivity contribution < 1.29 is 22.0 Å². The maximum absolute atomic E-state index is 13.4. The van der Waals surface area contributed by atoms with Crippen molar-refractivity contribution in [2.45, 2.75) is 32.1 Å². The second-order valence-electron chi connectivity index (χ2n) is 4.13. The summed E-state index contributed by atoms with van der Waals surface area (Å²) in [6, 6.07) is 2.30. The summed E-state index contributed by atoms with van der Waals surface area (Å²) in [6.07, 6.45) is -5.43. The molecule has 0 aromatic heterocycles. The summed E-state index contributed by atoms with van der Waals surface area (Å²) in [7, 11) is 0. The molecule has 0 heterocycles. The van der Waals surface area contributed by atoms with Crippen LogP contribution in [0.25, 0.3) is 0 Å². The van der Waals surface area contributed by atoms with Gasteiger partial charge in [-0.3, -0.25) is 0 Å². The lowest BCUT2D eigenvalue weighted by Crippen LogP contribution is -2.31. The highest BCUT2D eigenvalue weighted by Crippen LogP contribution is 2.22. The molecular formula is C12H11F5N2. The third-order valence-corrected chi connectivity index (χ3v) is 2.44. The molecule has 0 radical (unpaired) electrons. The van der Waals surface area contributed by atoms with Gasteiger partial charge in [0.1, 0.15) is 11.6 Å². The quantitative estimate of drug-likeness (QED) is 0.858. The molecule has 104 valence electrons. The second-order valence-corrected chi connectivity index (χ2v) is 4.13. The van der Waals surface area contributed by atoms with E-state index in [2.05, 4.69) is 5.32 Å². The van der Waals surface area contributed by atoms with Crippen molar-refractivity contribution in [3.8, 4) is 6.07 Å². The highest BCUT2D eigenvalue weighted by atomic mass is 19.4. The van der Waals surface area contributed by atoms with Crippen LogP contribution in [0.1, 0.15) is 24.5 Å². The zero-order valence-corrected chi connectivity index (χ0v) is 9.98. The average molecular weight is 278 g/mol. The minimum atomic E-state index is -4.34. The van der Waals surface area contributed by atoms with Crippen LogP contribution < -0.4 is 5.32 Å². The Morgan fingerprint density at radius 3 is 2.21 bits per heavy atom. The van der Waals surface area contributed by atoms with Gasteiger partial charge in [-0.2, -0.15) is 18.4 Å². The van der Waals surface area contributed by atoms with E-state index in [1.165, 1.54) is 6.92 Å². The Balaban J connectivity index is 2.71. The van der Waals surface area contributed by atoms with Crippen molar-refractivity contribution in [2.75, 3.05) is 0 Å². The van der Waals surface area contributed by atoms with Crippen LogP contribution in [0.2, 0.25) is 0 Å². The Hall–Kier alpha value is -1.68. The number of halogens is 5. The molecule has 0 aliphatic heterocycles. The predicted octanol–water partition coefficient (Wildman–Crippen LogP) is 3.27. The molecule has 1 atom stereocenters. The normalized spacial score (nSPS) is 13.1. The van der Waals surface area contributed by atoms with Gasteiger partial charge in [-0.25, -0.2) is 8.78 Å². The molecule has 0 saturated heterocycles. The maximum atomic E-state index is 13.4. The molecule has 0 aliphatic carbocycles. The summed E-state index contributed by atoms with van der Waals surface area (Å²) in [5, 5.41) is 10.9. The molecule has 1 unspecified atom stereocenters. The summed E-state index contributed by atoms with van der Waals surface area (Å²) in [5.74, 6) is -1.91. The van der Waals surface area contributed by atoms with Gasteiger partial charge in [0, 0.05) is 18.2 Å². The number of benzene rings is 1. The molecule has 0 fully saturated rings. The third kappa shape index (κ3) is 4.83. The van der Waals surface area contributed by atoms with Crippen LogP contribution in [0.5, 0.6) is 0 Å². The molecule has 0 amide bonds. The molecule has 0 bridgehead atoms. The lowest BCUT2D eigenvalue weighted by Gasteiger charge is -2.16. The van der Waals surface area contributed by atoms with Gasteiger partial charge in [-0.05, 0) is 19.1 Å². The van der Waals surface area contributed by atoms with Crippen molar-refractivity contribution in [3.63, 3.8) is 0 Å². The Labute approximate surface area is 106 Å². The molecule has 19 heavy (non-hydrogen) atoms. The van der Waals surface area contributed by atoms with Gasteiger partial charge in [0.25, 0.3) is 0 Å². The Bertz CT molecular complexity index is 467. The number of hydrogen-bond donors (Lipinski definition) is 1. The van der Waals surface area contributed by atoms with Crippen molar-refractivity contribution in [1.29, 1.82) is 5.26 Å². The molecule has 1 rings (SSSR count). The molecule has 0 spiro atoms. The minimum absolute atomic E-state index is 0.179. The van der Waals surface area contributed by atoms with Crippen LogP contribution in [0.15, 0.2) is 12.1 Å². The van der Waals surface area contributed by atoms with Crippen LogP contribution in [0, 0.1) is 23.0 Å². The SMILES string of the molecule is CC(CC(F)(F)F)NCc1c(F)cc(C#N)cc1F. The Morgan fingerprint density at radius 2 is 1.79 bits per heavy atom. The smallest absolute Gasteiger partial charge is 0.310 e. The van der Waals surface area contributed by atoms with E-state index in [1.807, 2.05) is 0 Å². The van der Waals surface area contributed by atoms with Crippen LogP contribution in [0.4, 0.5) is 22.0 Å². The standard InChI is InChI=1S/C12H11F5N2/c1-7(4-12(15,16)17)19-6-9-10(13)2-8(5-18)3-11(9)14/h2-3,7,19H,4,6H2,1H3. The van der Waals surface area contributed by atoms with Gasteiger partial charge < -0.3 is 5.32 Å². The van der Waals surface area contributed by atoms with Gasteiger partial charge in [0.15, 0.2) is 0 Å². The van der Waals surface area contributed by atoms with Gasteiger partial charge >= 0.3 is 6.18 Å². The summed E-state index contributed by atoms with van der Waals surface area (Å²) >= 11 is 0. The van der Waals surface area contributed by atoms with E-state index >= 15 is 0 Å². The molecule has 2 nitrogen and oxygen atoms in total. The van der Waals surface area contributed by atoms with Crippen LogP contribution >= 0.6 is 0 Å². The molecule has 1 N–H and O–H groups in total. The molecule has 7 heteroatoms. The number of rotatable bonds is 4. The topological polar surface area (TPSA) is 35.8 Å². The molecule has 1 aromatic rings. The first-order valence-corrected chi connectivity index (χ1v) is 5.41. The van der Waals surface area contributed by atoms with Crippen LogP contribution in [-0.2, 0) is 6.54 Å². The maximum Gasteiger partial charge on any atom is 0.390 e. The predicted molar refractivity (Wildman–Crippen MR) is 58.0 cm³/mol. The molecule has 0 saturated carbocycles. The van der Waals surface area contributed by atoms with E-state index in [9.17, 15) is 22.0 Å². The van der Waals surface area contributed by atoms with E-state index in [1.54, 1.807) is 6.07 Å². The van der Waals surface area contributed by atoms with E-state index in [4.69, 9.17) is 5.26 Å². The fraction of sp³-hybridized carbons (Fsp3) is 0.417. The fourth-order valence-corrected chi connectivity index (χ4v) is 1.53. The van der Waals surface area contributed by atoms with Crippen LogP contribution in [-0.4, -0.2) is 12.2 Å². The zero-order chi connectivity index (χ0) is 14.6. The Morgan fingerprint density at radius 1 is 1.26 bits per heavy atom. The number of alkyl halides is 3. The average Bonchev–Trinajstić information content (AvgIpc) is 2.25. The monoisotopic (exact) mass is 278 g/mol. The van der Waals surface area contributed by atoms with Crippen molar-refractivity contribution >= 4 is 0 Å². The van der Waals surface area contributed by atoms with E-state index < -0.39 is 30.3 Å². The summed E-state index contributed by atoms with van der Waals surface area (Å²) in [5.41, 5.74) is -0.560. The first-order chi connectivity index (χ1) is 8.73. The fourth-order valence-electron chi connectivity index (χ4n) is 1.53. The second kappa shape index (κ2) is 5.97. The number of nitrogens with one attached hydrogen (secondary N) is 1. The van der Waals surface area contributed by atoms with E-state index in [0.29, 0.717) is 0 Å². The van der Waals surface area contributed by atoms with Gasteiger partial charge in [0.05, 0.1) is 18.1 Å². The number of nitrogens with zero attached hydrogens (tertiary/aromatic N) is 1. The van der Waals surface area contributed by atoms with Gasteiger partial charge in [-0.15, -0.1) is 0 Å². The van der Waals surface area contributed by atoms with Crippen molar-refractivity contribution in [3.05, 3.63) is 34.9 Å². The highest BCUT2D eigenvalue weighted by Gasteiger charge is 2.29. The van der Waals surface area contributed by atoms with Crippen molar-refractivity contribution in [2.24, 2.45) is 0 Å². The van der Waals surface area contributed by atoms with Crippen molar-refractivity contribution in [1.82, 2.24) is 5.32 Å². The van der Waals surface area contributed by atoms with E-state index in [-0.39, 0.29) is 17.7 Å². The molecule has 0 aliphatic rings. The third-order valence-electron chi connectivity index (χ3n) is 2.44. The summed E-state index contributed by atoms with van der Waals surface area (Å²) in [6.45, 7) is 0.896. The Kier molecular flexibility index (Phi) is 4.84. The van der Waals surface area contributed by atoms with E-state index in [0.717, 1.165) is 12.1 Å². The summed E-state index contributed by atoms with van der Waals surface area (Å²) in [4.78, 5) is 0. The van der Waals surface area contributed by atoms with Gasteiger partial charge in [0.2, 0.25) is 0 Å².